The van der Waals surface area contributed by atoms with E-state index in [9.17, 15) is 0 Å². The summed E-state index contributed by atoms with van der Waals surface area (Å²) in [5, 5.41) is 9.13. The van der Waals surface area contributed by atoms with Gasteiger partial charge in [0.15, 0.2) is 0 Å². The van der Waals surface area contributed by atoms with Crippen LogP contribution in [0.2, 0.25) is 0 Å². The van der Waals surface area contributed by atoms with Crippen LogP contribution in [0.4, 0.5) is 0 Å². The molecule has 0 aromatic heterocycles. The maximum atomic E-state index is 9.13. The Labute approximate surface area is 116 Å². The lowest BCUT2D eigenvalue weighted by Gasteiger charge is -2.02. The molecule has 0 saturated carbocycles. The van der Waals surface area contributed by atoms with Gasteiger partial charge in [0.1, 0.15) is 0 Å². The third-order valence-corrected chi connectivity index (χ3v) is 3.12. The summed E-state index contributed by atoms with van der Waals surface area (Å²) >= 11 is 0. The highest BCUT2D eigenvalue weighted by Crippen LogP contribution is 2.12. The fourth-order valence-electron chi connectivity index (χ4n) is 2.03. The lowest BCUT2D eigenvalue weighted by atomic mass is 10.0. The van der Waals surface area contributed by atoms with E-state index in [0.29, 0.717) is 6.42 Å². The third kappa shape index (κ3) is 16.0. The summed E-state index contributed by atoms with van der Waals surface area (Å²) < 4.78 is 36.7. The molecule has 0 rings (SSSR count). The molecule has 0 aliphatic rings. The molecule has 0 bridgehead atoms. The smallest absolute Gasteiger partial charge is 0.0564 e. The Morgan fingerprint density at radius 2 is 1.12 bits per heavy atom. The quantitative estimate of drug-likeness (QED) is 0.404. The Kier molecular flexibility index (Phi) is 9.23. The Morgan fingerprint density at radius 3 is 1.53 bits per heavy atom. The molecular formula is C16H34O. The lowest BCUT2D eigenvalue weighted by Crippen LogP contribution is -1.84. The first-order valence-corrected chi connectivity index (χ1v) is 7.38. The normalized spacial score (nSPS) is 18.8. The molecule has 17 heavy (non-hydrogen) atoms. The van der Waals surface area contributed by atoms with Crippen molar-refractivity contribution in [2.24, 2.45) is 0 Å². The van der Waals surface area contributed by atoms with E-state index in [2.05, 4.69) is 6.92 Å². The van der Waals surface area contributed by atoms with Gasteiger partial charge in [0, 0.05) is 10.7 Å². The van der Waals surface area contributed by atoms with E-state index in [1.807, 2.05) is 0 Å². The summed E-state index contributed by atoms with van der Waals surface area (Å²) in [7, 11) is 0. The predicted octanol–water partition coefficient (Wildman–Crippen LogP) is 5.46. The molecule has 0 saturated heterocycles. The van der Waals surface area contributed by atoms with E-state index in [1.165, 1.54) is 51.4 Å². The highest BCUT2D eigenvalue weighted by molar-refractivity contribution is 4.48. The fourth-order valence-corrected chi connectivity index (χ4v) is 2.03. The first-order valence-electron chi connectivity index (χ1n) is 9.95. The van der Waals surface area contributed by atoms with Crippen molar-refractivity contribution < 1.29 is 12.0 Å². The van der Waals surface area contributed by atoms with Gasteiger partial charge in [-0.25, -0.2) is 0 Å². The molecule has 1 unspecified atom stereocenters. The topological polar surface area (TPSA) is 20.2 Å². The fraction of sp³-hybridized carbons (Fsp3) is 1.00. The van der Waals surface area contributed by atoms with Crippen molar-refractivity contribution >= 4 is 0 Å². The first-order chi connectivity index (χ1) is 10.2. The van der Waals surface area contributed by atoms with E-state index < -0.39 is 19.3 Å². The van der Waals surface area contributed by atoms with Gasteiger partial charge < -0.3 is 5.11 Å². The number of unbranched alkanes of at least 4 members (excludes halogenated alkanes) is 10. The molecular weight excluding hydrogens is 208 g/mol. The summed E-state index contributed by atoms with van der Waals surface area (Å²) in [5.74, 6) is 0. The Morgan fingerprint density at radius 1 is 0.706 bits per heavy atom. The molecule has 0 spiro atoms. The van der Waals surface area contributed by atoms with Crippen LogP contribution in [0.15, 0.2) is 0 Å². The van der Waals surface area contributed by atoms with Gasteiger partial charge in [-0.1, -0.05) is 90.4 Å². The minimum atomic E-state index is -2.95. The van der Waals surface area contributed by atoms with E-state index in [-0.39, 0.29) is 0 Å². The molecule has 1 atom stereocenters. The van der Waals surface area contributed by atoms with Crippen LogP contribution in [0.1, 0.15) is 104 Å². The van der Waals surface area contributed by atoms with Crippen LogP contribution in [-0.2, 0) is 0 Å². The molecule has 0 aromatic rings. The van der Waals surface area contributed by atoms with Crippen LogP contribution >= 0.6 is 0 Å². The van der Waals surface area contributed by atoms with Gasteiger partial charge in [0.25, 0.3) is 0 Å². The van der Waals surface area contributed by atoms with Crippen molar-refractivity contribution in [1.82, 2.24) is 0 Å². The minimum absolute atomic E-state index is 0.296. The molecule has 0 radical (unpaired) electrons. The first kappa shape index (κ1) is 9.83. The summed E-state index contributed by atoms with van der Waals surface area (Å²) in [6.45, 7) is -0.723. The highest BCUT2D eigenvalue weighted by atomic mass is 16.2. The van der Waals surface area contributed by atoms with Gasteiger partial charge in [-0.05, 0) is 6.37 Å². The number of aliphatic hydroxyl groups is 1. The van der Waals surface area contributed by atoms with Crippen molar-refractivity contribution in [1.29, 1.82) is 0 Å². The van der Waals surface area contributed by atoms with Gasteiger partial charge in [0.05, 0.1) is 2.74 Å². The second-order valence-electron chi connectivity index (χ2n) is 4.78. The van der Waals surface area contributed by atoms with E-state index in [4.69, 9.17) is 12.0 Å². The number of hydrogen-bond donors (Lipinski definition) is 1. The van der Waals surface area contributed by atoms with Crippen LogP contribution in [0.25, 0.3) is 0 Å². The maximum Gasteiger partial charge on any atom is 0.0564 e. The van der Waals surface area contributed by atoms with Crippen LogP contribution in [0.5, 0.6) is 0 Å². The standard InChI is InChI=1S/C16H34O/c1-2-3-4-5-6-7-8-9-10-11-12-13-14-15-16-17/h17H,2-16H2,1H3/i14D,15D2,16D2. The van der Waals surface area contributed by atoms with Gasteiger partial charge in [-0.15, -0.1) is 0 Å². The monoisotopic (exact) mass is 247 g/mol. The van der Waals surface area contributed by atoms with Gasteiger partial charge in [-0.3, -0.25) is 0 Å². The Balaban J connectivity index is 3.50. The summed E-state index contributed by atoms with van der Waals surface area (Å²) in [5.41, 5.74) is 0. The van der Waals surface area contributed by atoms with E-state index in [0.717, 1.165) is 19.3 Å². The lowest BCUT2D eigenvalue weighted by molar-refractivity contribution is 0.282. The molecule has 0 fully saturated rings. The molecule has 1 nitrogen and oxygen atoms in total. The van der Waals surface area contributed by atoms with Crippen molar-refractivity contribution in [3.05, 3.63) is 0 Å². The molecule has 0 aromatic carbocycles. The molecule has 104 valence electrons. The van der Waals surface area contributed by atoms with Crippen LogP contribution in [0, 0.1) is 0 Å². The number of rotatable bonds is 14. The minimum Gasteiger partial charge on any atom is -0.396 e. The third-order valence-electron chi connectivity index (χ3n) is 3.12. The van der Waals surface area contributed by atoms with Crippen LogP contribution < -0.4 is 0 Å². The van der Waals surface area contributed by atoms with Gasteiger partial charge in [0.2, 0.25) is 0 Å². The highest BCUT2D eigenvalue weighted by Gasteiger charge is 1.93. The molecule has 1 N–H and O–H groups in total. The van der Waals surface area contributed by atoms with Gasteiger partial charge in [-0.2, -0.15) is 0 Å². The van der Waals surface area contributed by atoms with Crippen molar-refractivity contribution in [2.75, 3.05) is 6.56 Å². The van der Waals surface area contributed by atoms with E-state index in [1.54, 1.807) is 0 Å². The van der Waals surface area contributed by atoms with E-state index >= 15 is 0 Å². The molecule has 0 heterocycles. The molecule has 0 aliphatic heterocycles. The zero-order valence-corrected chi connectivity index (χ0v) is 11.5. The van der Waals surface area contributed by atoms with Crippen molar-refractivity contribution in [3.63, 3.8) is 0 Å². The SMILES string of the molecule is [2H]C(CCCCCCCCCCCCC)C([2H])([2H])C([2H])([2H])O. The summed E-state index contributed by atoms with van der Waals surface area (Å²) in [6, 6.07) is 0. The van der Waals surface area contributed by atoms with Crippen LogP contribution in [-0.4, -0.2) is 11.7 Å². The largest absolute Gasteiger partial charge is 0.396 e. The summed E-state index contributed by atoms with van der Waals surface area (Å²) in [6.07, 6.45) is 9.70. The van der Waals surface area contributed by atoms with Crippen molar-refractivity contribution in [2.45, 2.75) is 96.7 Å². The second-order valence-corrected chi connectivity index (χ2v) is 4.78. The average molecular weight is 247 g/mol. The Bertz CT molecular complexity index is 266. The second kappa shape index (κ2) is 16.0. The molecule has 0 aliphatic carbocycles. The molecule has 0 amide bonds. The predicted molar refractivity (Wildman–Crippen MR) is 77.4 cm³/mol. The van der Waals surface area contributed by atoms with Crippen molar-refractivity contribution in [3.8, 4) is 0 Å². The summed E-state index contributed by atoms with van der Waals surface area (Å²) in [4.78, 5) is 0. The van der Waals surface area contributed by atoms with Crippen LogP contribution in [0.3, 0.4) is 0 Å². The number of hydrogen-bond acceptors (Lipinski definition) is 1. The zero-order chi connectivity index (χ0) is 17.1. The Hall–Kier alpha value is -0.0400. The average Bonchev–Trinajstić information content (AvgIpc) is 2.43. The maximum absolute atomic E-state index is 9.13. The van der Waals surface area contributed by atoms with Gasteiger partial charge >= 0.3 is 0 Å². The molecule has 1 heteroatoms. The zero-order valence-electron chi connectivity index (χ0n) is 16.5.